The summed E-state index contributed by atoms with van der Waals surface area (Å²) in [5.74, 6) is 0. The van der Waals surface area contributed by atoms with Gasteiger partial charge in [-0.05, 0) is 36.6 Å². The summed E-state index contributed by atoms with van der Waals surface area (Å²) < 4.78 is 0. The fraction of sp³-hybridized carbons (Fsp3) is 0.571. The van der Waals surface area contributed by atoms with Crippen LogP contribution in [0, 0.1) is 0 Å². The third kappa shape index (κ3) is 3.73. The summed E-state index contributed by atoms with van der Waals surface area (Å²) in [5.41, 5.74) is 2.28. The zero-order chi connectivity index (χ0) is 12.1. The number of hydrogen-bond donors (Lipinski definition) is 2. The minimum Gasteiger partial charge on any atom is -0.392 e. The molecule has 1 fully saturated rings. The molecule has 0 aliphatic heterocycles. The van der Waals surface area contributed by atoms with Crippen molar-refractivity contribution in [1.29, 1.82) is 0 Å². The van der Waals surface area contributed by atoms with Gasteiger partial charge in [0.1, 0.15) is 0 Å². The Morgan fingerprint density at radius 2 is 1.94 bits per heavy atom. The van der Waals surface area contributed by atoms with Gasteiger partial charge in [-0.3, -0.25) is 0 Å². The Labute approximate surface area is 108 Å². The first kappa shape index (κ1) is 12.9. The Kier molecular flexibility index (Phi) is 4.89. The predicted octanol–water partition coefficient (Wildman–Crippen LogP) is 2.55. The van der Waals surface area contributed by atoms with Crippen LogP contribution in [0.1, 0.15) is 30.4 Å². The van der Waals surface area contributed by atoms with Gasteiger partial charge in [0.2, 0.25) is 0 Å². The smallest absolute Gasteiger partial charge is 0.0681 e. The van der Waals surface area contributed by atoms with Gasteiger partial charge in [0.05, 0.1) is 6.61 Å². The van der Waals surface area contributed by atoms with Crippen molar-refractivity contribution in [3.05, 3.63) is 35.4 Å². The second-order valence-corrected chi connectivity index (χ2v) is 5.86. The molecule has 1 aromatic rings. The Balaban J connectivity index is 1.78. The third-order valence-electron chi connectivity index (χ3n) is 3.52. The lowest BCUT2D eigenvalue weighted by atomic mass is 10.1. The van der Waals surface area contributed by atoms with Gasteiger partial charge in [0.25, 0.3) is 0 Å². The topological polar surface area (TPSA) is 32.3 Å². The molecule has 0 radical (unpaired) electrons. The molecular weight excluding hydrogens is 230 g/mol. The van der Waals surface area contributed by atoms with Gasteiger partial charge in [0, 0.05) is 17.8 Å². The van der Waals surface area contributed by atoms with Crippen LogP contribution in [0.5, 0.6) is 0 Å². The summed E-state index contributed by atoms with van der Waals surface area (Å²) in [5, 5.41) is 13.4. The summed E-state index contributed by atoms with van der Waals surface area (Å²) >= 11 is 1.99. The zero-order valence-corrected chi connectivity index (χ0v) is 11.2. The molecule has 0 aromatic heterocycles. The summed E-state index contributed by atoms with van der Waals surface area (Å²) in [6.07, 6.45) is 6.17. The molecule has 94 valence electrons. The van der Waals surface area contributed by atoms with Crippen molar-refractivity contribution in [1.82, 2.24) is 5.32 Å². The summed E-state index contributed by atoms with van der Waals surface area (Å²) in [4.78, 5) is 0. The first-order chi connectivity index (χ1) is 8.31. The number of nitrogens with one attached hydrogen (secondary N) is 1. The normalized spacial score (nSPS) is 24.1. The van der Waals surface area contributed by atoms with Crippen LogP contribution in [0.25, 0.3) is 0 Å². The molecule has 1 aromatic carbocycles. The molecule has 3 heteroatoms. The minimum atomic E-state index is 0.131. The quantitative estimate of drug-likeness (QED) is 0.843. The van der Waals surface area contributed by atoms with Gasteiger partial charge in [-0.15, -0.1) is 0 Å². The highest BCUT2D eigenvalue weighted by Crippen LogP contribution is 2.28. The van der Waals surface area contributed by atoms with Gasteiger partial charge < -0.3 is 10.4 Å². The predicted molar refractivity (Wildman–Crippen MR) is 74.1 cm³/mol. The maximum absolute atomic E-state index is 8.97. The molecule has 2 N–H and O–H groups in total. The number of benzene rings is 1. The molecule has 1 saturated carbocycles. The molecule has 2 rings (SSSR count). The second-order valence-electron chi connectivity index (χ2n) is 4.72. The van der Waals surface area contributed by atoms with E-state index in [0.717, 1.165) is 17.4 Å². The van der Waals surface area contributed by atoms with Crippen molar-refractivity contribution in [3.8, 4) is 0 Å². The van der Waals surface area contributed by atoms with Crippen molar-refractivity contribution in [2.24, 2.45) is 0 Å². The van der Waals surface area contributed by atoms with Gasteiger partial charge in [0.15, 0.2) is 0 Å². The number of rotatable bonds is 5. The Morgan fingerprint density at radius 1 is 1.24 bits per heavy atom. The van der Waals surface area contributed by atoms with Crippen molar-refractivity contribution >= 4 is 11.8 Å². The largest absolute Gasteiger partial charge is 0.392 e. The van der Waals surface area contributed by atoms with Crippen molar-refractivity contribution < 1.29 is 5.11 Å². The van der Waals surface area contributed by atoms with E-state index in [2.05, 4.69) is 23.7 Å². The fourth-order valence-corrected chi connectivity index (χ4v) is 3.16. The van der Waals surface area contributed by atoms with Crippen molar-refractivity contribution in [2.75, 3.05) is 6.26 Å². The molecule has 0 spiro atoms. The van der Waals surface area contributed by atoms with Crippen LogP contribution in [0.4, 0.5) is 0 Å². The van der Waals surface area contributed by atoms with Crippen LogP contribution >= 0.6 is 11.8 Å². The fourth-order valence-electron chi connectivity index (χ4n) is 2.36. The molecule has 2 atom stereocenters. The molecule has 0 saturated heterocycles. The van der Waals surface area contributed by atoms with Gasteiger partial charge in [-0.25, -0.2) is 0 Å². The van der Waals surface area contributed by atoms with E-state index in [1.165, 1.54) is 24.8 Å². The number of aliphatic hydroxyl groups excluding tert-OH is 1. The average Bonchev–Trinajstić information content (AvgIpc) is 2.85. The highest BCUT2D eigenvalue weighted by Gasteiger charge is 2.22. The first-order valence-corrected chi connectivity index (χ1v) is 7.55. The number of aliphatic hydroxyl groups is 1. The van der Waals surface area contributed by atoms with E-state index >= 15 is 0 Å². The van der Waals surface area contributed by atoms with Crippen molar-refractivity contribution in [3.63, 3.8) is 0 Å². The lowest BCUT2D eigenvalue weighted by Crippen LogP contribution is -2.26. The van der Waals surface area contributed by atoms with E-state index in [4.69, 9.17) is 5.11 Å². The van der Waals surface area contributed by atoms with Crippen LogP contribution in [0.3, 0.4) is 0 Å². The van der Waals surface area contributed by atoms with Crippen LogP contribution in [0.15, 0.2) is 24.3 Å². The molecule has 0 heterocycles. The van der Waals surface area contributed by atoms with Crippen LogP contribution < -0.4 is 5.32 Å². The molecular formula is C14H21NOS. The summed E-state index contributed by atoms with van der Waals surface area (Å²) in [6, 6.07) is 8.87. The zero-order valence-electron chi connectivity index (χ0n) is 10.4. The van der Waals surface area contributed by atoms with E-state index in [9.17, 15) is 0 Å². The van der Waals surface area contributed by atoms with Crippen molar-refractivity contribution in [2.45, 2.75) is 43.7 Å². The first-order valence-electron chi connectivity index (χ1n) is 6.26. The maximum atomic E-state index is 8.97. The van der Waals surface area contributed by atoms with E-state index in [-0.39, 0.29) is 6.61 Å². The highest BCUT2D eigenvalue weighted by atomic mass is 32.2. The van der Waals surface area contributed by atoms with Crippen LogP contribution in [-0.2, 0) is 13.2 Å². The van der Waals surface area contributed by atoms with E-state index in [1.807, 2.05) is 23.9 Å². The summed E-state index contributed by atoms with van der Waals surface area (Å²) in [7, 11) is 0. The Hall–Kier alpha value is -0.510. The molecule has 0 bridgehead atoms. The monoisotopic (exact) mass is 251 g/mol. The molecule has 1 aliphatic carbocycles. The van der Waals surface area contributed by atoms with Gasteiger partial charge in [-0.2, -0.15) is 11.8 Å². The third-order valence-corrected chi connectivity index (χ3v) is 4.61. The van der Waals surface area contributed by atoms with E-state index in [0.29, 0.717) is 6.04 Å². The van der Waals surface area contributed by atoms with E-state index < -0.39 is 0 Å². The number of hydrogen-bond acceptors (Lipinski definition) is 3. The molecule has 2 nitrogen and oxygen atoms in total. The molecule has 17 heavy (non-hydrogen) atoms. The Bertz CT molecular complexity index is 339. The van der Waals surface area contributed by atoms with E-state index in [1.54, 1.807) is 0 Å². The Morgan fingerprint density at radius 3 is 2.53 bits per heavy atom. The number of thioether (sulfide) groups is 1. The van der Waals surface area contributed by atoms with Crippen LogP contribution in [0.2, 0.25) is 0 Å². The van der Waals surface area contributed by atoms with Gasteiger partial charge >= 0.3 is 0 Å². The highest BCUT2D eigenvalue weighted by molar-refractivity contribution is 7.99. The lowest BCUT2D eigenvalue weighted by Gasteiger charge is -2.12. The van der Waals surface area contributed by atoms with Gasteiger partial charge in [-0.1, -0.05) is 24.3 Å². The summed E-state index contributed by atoms with van der Waals surface area (Å²) in [6.45, 7) is 1.07. The average molecular weight is 251 g/mol. The maximum Gasteiger partial charge on any atom is 0.0681 e. The SMILES string of the molecule is CSC1CCC(NCc2ccc(CO)cc2)C1. The molecule has 1 aliphatic rings. The van der Waals surface area contributed by atoms with Crippen LogP contribution in [-0.4, -0.2) is 22.7 Å². The standard InChI is InChI=1S/C14H21NOS/c1-17-14-7-6-13(8-14)15-9-11-2-4-12(10-16)5-3-11/h2-5,13-16H,6-10H2,1H3. The molecule has 0 amide bonds. The molecule has 2 unspecified atom stereocenters. The lowest BCUT2D eigenvalue weighted by molar-refractivity contribution is 0.282. The second kappa shape index (κ2) is 6.43. The minimum absolute atomic E-state index is 0.131.